The SMILES string of the molecule is O=S(O)OCCOCCO. The maximum atomic E-state index is 9.82. The topological polar surface area (TPSA) is 76.0 Å². The van der Waals surface area contributed by atoms with Crippen LogP contribution in [0.4, 0.5) is 0 Å². The molecule has 0 heterocycles. The Hall–Kier alpha value is -0.0100. The molecule has 0 bridgehead atoms. The third-order valence-electron chi connectivity index (χ3n) is 0.647. The van der Waals surface area contributed by atoms with Gasteiger partial charge >= 0.3 is 11.4 Å². The van der Waals surface area contributed by atoms with Gasteiger partial charge in [0.2, 0.25) is 0 Å². The molecule has 0 spiro atoms. The van der Waals surface area contributed by atoms with Crippen molar-refractivity contribution >= 4 is 11.4 Å². The quantitative estimate of drug-likeness (QED) is 0.401. The highest BCUT2D eigenvalue weighted by Gasteiger charge is 1.91. The zero-order chi connectivity index (χ0) is 7.82. The normalized spacial score (nSPS) is 13.4. The van der Waals surface area contributed by atoms with Gasteiger partial charge < -0.3 is 9.84 Å². The molecule has 0 saturated carbocycles. The summed E-state index contributed by atoms with van der Waals surface area (Å²) < 4.78 is 26.8. The summed E-state index contributed by atoms with van der Waals surface area (Å²) in [5, 5.41) is 8.20. The Balaban J connectivity index is 2.84. The first-order valence-corrected chi connectivity index (χ1v) is 3.73. The van der Waals surface area contributed by atoms with Crippen LogP contribution in [0.5, 0.6) is 0 Å². The summed E-state index contributed by atoms with van der Waals surface area (Å²) in [6.45, 7) is 0.444. The van der Waals surface area contributed by atoms with Gasteiger partial charge in [-0.05, 0) is 0 Å². The third kappa shape index (κ3) is 7.99. The third-order valence-corrected chi connectivity index (χ3v) is 1.02. The van der Waals surface area contributed by atoms with E-state index in [-0.39, 0.29) is 26.4 Å². The average Bonchev–Trinajstić information content (AvgIpc) is 1.87. The molecule has 0 rings (SSSR count). The molecule has 5 nitrogen and oxygen atoms in total. The first-order valence-electron chi connectivity index (χ1n) is 2.70. The Labute approximate surface area is 61.4 Å². The minimum absolute atomic E-state index is 0.0534. The van der Waals surface area contributed by atoms with E-state index in [0.29, 0.717) is 0 Å². The Morgan fingerprint density at radius 3 is 2.50 bits per heavy atom. The Kier molecular flexibility index (Phi) is 7.09. The lowest BCUT2D eigenvalue weighted by molar-refractivity contribution is 0.0715. The Bertz CT molecular complexity index is 95.6. The van der Waals surface area contributed by atoms with Crippen molar-refractivity contribution in [1.29, 1.82) is 0 Å². The Morgan fingerprint density at radius 2 is 2.00 bits per heavy atom. The molecular weight excluding hydrogens is 160 g/mol. The van der Waals surface area contributed by atoms with Crippen molar-refractivity contribution in [2.24, 2.45) is 0 Å². The van der Waals surface area contributed by atoms with E-state index in [1.165, 1.54) is 0 Å². The number of hydrogen-bond acceptors (Lipinski definition) is 4. The molecule has 0 aromatic heterocycles. The van der Waals surface area contributed by atoms with Crippen LogP contribution in [-0.4, -0.2) is 40.3 Å². The summed E-state index contributed by atoms with van der Waals surface area (Å²) in [4.78, 5) is 0. The van der Waals surface area contributed by atoms with Gasteiger partial charge in [-0.25, -0.2) is 0 Å². The number of aliphatic hydroxyl groups is 1. The van der Waals surface area contributed by atoms with E-state index in [1.807, 2.05) is 0 Å². The van der Waals surface area contributed by atoms with Crippen molar-refractivity contribution in [3.05, 3.63) is 0 Å². The van der Waals surface area contributed by atoms with E-state index in [9.17, 15) is 4.21 Å². The molecule has 6 heteroatoms. The molecule has 62 valence electrons. The first kappa shape index (κ1) is 9.99. The van der Waals surface area contributed by atoms with Crippen molar-refractivity contribution in [2.75, 3.05) is 26.4 Å². The van der Waals surface area contributed by atoms with E-state index in [1.54, 1.807) is 0 Å². The molecule has 2 N–H and O–H groups in total. The fourth-order valence-corrected chi connectivity index (χ4v) is 0.541. The fourth-order valence-electron chi connectivity index (χ4n) is 0.331. The van der Waals surface area contributed by atoms with Crippen LogP contribution in [0.2, 0.25) is 0 Å². The van der Waals surface area contributed by atoms with Crippen LogP contribution in [0.15, 0.2) is 0 Å². The highest BCUT2D eigenvalue weighted by molar-refractivity contribution is 7.74. The summed E-state index contributed by atoms with van der Waals surface area (Å²) >= 11 is -2.21. The molecule has 0 aliphatic carbocycles. The van der Waals surface area contributed by atoms with E-state index < -0.39 is 11.4 Å². The maximum absolute atomic E-state index is 9.82. The zero-order valence-corrected chi connectivity index (χ0v) is 6.17. The van der Waals surface area contributed by atoms with Gasteiger partial charge in [-0.3, -0.25) is 8.74 Å². The van der Waals surface area contributed by atoms with E-state index >= 15 is 0 Å². The van der Waals surface area contributed by atoms with Gasteiger partial charge in [-0.15, -0.1) is 0 Å². The molecule has 0 saturated heterocycles. The van der Waals surface area contributed by atoms with Crippen LogP contribution >= 0.6 is 0 Å². The predicted octanol–water partition coefficient (Wildman–Crippen LogP) is -0.851. The molecule has 0 fully saturated rings. The number of hydrogen-bond donors (Lipinski definition) is 2. The second-order valence-electron chi connectivity index (χ2n) is 1.38. The van der Waals surface area contributed by atoms with Crippen LogP contribution in [0.25, 0.3) is 0 Å². The van der Waals surface area contributed by atoms with Gasteiger partial charge in [-0.1, -0.05) is 0 Å². The lowest BCUT2D eigenvalue weighted by atomic mass is 10.7. The highest BCUT2D eigenvalue weighted by atomic mass is 32.2. The van der Waals surface area contributed by atoms with E-state index in [0.717, 1.165) is 0 Å². The lowest BCUT2D eigenvalue weighted by Gasteiger charge is -1.99. The molecular formula is C4H10O5S. The van der Waals surface area contributed by atoms with Crippen LogP contribution in [0, 0.1) is 0 Å². The zero-order valence-electron chi connectivity index (χ0n) is 5.36. The summed E-state index contributed by atoms with van der Waals surface area (Å²) in [6, 6.07) is 0. The molecule has 0 aliphatic heterocycles. The maximum Gasteiger partial charge on any atom is 0.301 e. The number of rotatable bonds is 6. The van der Waals surface area contributed by atoms with Crippen LogP contribution < -0.4 is 0 Å². The molecule has 0 radical (unpaired) electrons. The smallest absolute Gasteiger partial charge is 0.301 e. The molecule has 1 atom stereocenters. The van der Waals surface area contributed by atoms with Crippen molar-refractivity contribution in [3.63, 3.8) is 0 Å². The standard InChI is InChI=1S/C4H10O5S/c5-1-2-8-3-4-9-10(6)7/h5H,1-4H2,(H,6,7). The van der Waals surface area contributed by atoms with Gasteiger partial charge in [0.25, 0.3) is 0 Å². The predicted molar refractivity (Wildman–Crippen MR) is 34.6 cm³/mol. The monoisotopic (exact) mass is 170 g/mol. The highest BCUT2D eigenvalue weighted by Crippen LogP contribution is 1.80. The van der Waals surface area contributed by atoms with Crippen molar-refractivity contribution in [1.82, 2.24) is 0 Å². The van der Waals surface area contributed by atoms with Crippen LogP contribution in [-0.2, 0) is 20.3 Å². The second-order valence-corrected chi connectivity index (χ2v) is 2.04. The molecule has 0 amide bonds. The minimum Gasteiger partial charge on any atom is -0.394 e. The lowest BCUT2D eigenvalue weighted by Crippen LogP contribution is -2.07. The second kappa shape index (κ2) is 7.10. The van der Waals surface area contributed by atoms with Crippen molar-refractivity contribution in [2.45, 2.75) is 0 Å². The molecule has 0 aromatic rings. The Morgan fingerprint density at radius 1 is 1.30 bits per heavy atom. The van der Waals surface area contributed by atoms with Gasteiger partial charge in [-0.2, -0.15) is 4.21 Å². The summed E-state index contributed by atoms with van der Waals surface area (Å²) in [7, 11) is 0. The average molecular weight is 170 g/mol. The molecule has 10 heavy (non-hydrogen) atoms. The van der Waals surface area contributed by atoms with Gasteiger partial charge in [0.15, 0.2) is 0 Å². The van der Waals surface area contributed by atoms with Gasteiger partial charge in [0.1, 0.15) is 0 Å². The van der Waals surface area contributed by atoms with Crippen LogP contribution in [0.3, 0.4) is 0 Å². The van der Waals surface area contributed by atoms with Gasteiger partial charge in [0.05, 0.1) is 26.4 Å². The molecule has 1 unspecified atom stereocenters. The summed E-state index contributed by atoms with van der Waals surface area (Å²) in [5.41, 5.74) is 0. The number of ether oxygens (including phenoxy) is 1. The minimum atomic E-state index is -2.21. The summed E-state index contributed by atoms with van der Waals surface area (Å²) in [5.74, 6) is 0. The summed E-state index contributed by atoms with van der Waals surface area (Å²) in [6.07, 6.45) is 0. The molecule has 0 aliphatic rings. The fraction of sp³-hybridized carbons (Fsp3) is 1.00. The van der Waals surface area contributed by atoms with Crippen molar-refractivity contribution < 1.29 is 22.8 Å². The van der Waals surface area contributed by atoms with Gasteiger partial charge in [0, 0.05) is 0 Å². The number of aliphatic hydroxyl groups excluding tert-OH is 1. The molecule has 0 aromatic carbocycles. The van der Waals surface area contributed by atoms with Crippen molar-refractivity contribution in [3.8, 4) is 0 Å². The largest absolute Gasteiger partial charge is 0.394 e. The first-order chi connectivity index (χ1) is 4.77. The van der Waals surface area contributed by atoms with E-state index in [2.05, 4.69) is 4.18 Å². The van der Waals surface area contributed by atoms with Crippen LogP contribution in [0.1, 0.15) is 0 Å². The van der Waals surface area contributed by atoms with E-state index in [4.69, 9.17) is 14.4 Å².